The van der Waals surface area contributed by atoms with Gasteiger partial charge in [0.15, 0.2) is 0 Å². The minimum Gasteiger partial charge on any atom is -0.352 e. The van der Waals surface area contributed by atoms with E-state index in [1.54, 1.807) is 16.7 Å². The predicted molar refractivity (Wildman–Crippen MR) is 159 cm³/mol. The number of thioether (sulfide) groups is 1. The predicted octanol–water partition coefficient (Wildman–Crippen LogP) is 7.32. The van der Waals surface area contributed by atoms with E-state index in [-0.39, 0.29) is 23.6 Å². The van der Waals surface area contributed by atoms with E-state index in [0.717, 1.165) is 42.4 Å². The second-order valence-electron chi connectivity index (χ2n) is 9.82. The molecule has 4 nitrogen and oxygen atoms in total. The molecule has 3 aromatic rings. The number of carbonyl (C=O) groups is 2. The van der Waals surface area contributed by atoms with Crippen LogP contribution in [0.4, 0.5) is 0 Å². The molecule has 1 saturated carbocycles. The summed E-state index contributed by atoms with van der Waals surface area (Å²) in [6.07, 6.45) is 5.89. The summed E-state index contributed by atoms with van der Waals surface area (Å²) in [6, 6.07) is 24.6. The Morgan fingerprint density at radius 3 is 2.26 bits per heavy atom. The number of amides is 2. The quantitative estimate of drug-likeness (QED) is 0.263. The first-order valence-corrected chi connectivity index (χ1v) is 15.1. The van der Waals surface area contributed by atoms with Gasteiger partial charge in [-0.3, -0.25) is 9.59 Å². The van der Waals surface area contributed by atoms with E-state index in [4.69, 9.17) is 23.2 Å². The molecule has 1 aliphatic rings. The second-order valence-corrected chi connectivity index (χ2v) is 11.7. The molecule has 0 aromatic heterocycles. The van der Waals surface area contributed by atoms with E-state index in [1.165, 1.54) is 6.42 Å². The van der Waals surface area contributed by atoms with Crippen molar-refractivity contribution in [2.45, 2.75) is 62.9 Å². The van der Waals surface area contributed by atoms with Crippen LogP contribution in [0.5, 0.6) is 0 Å². The molecule has 7 heteroatoms. The standard InChI is InChI=1S/C31H34Cl2N2O2S/c32-26-16-14-24(15-17-26)21-38-22-30(36)35(20-25-10-7-11-27(33)18-25)29(19-23-8-3-1-4-9-23)31(37)34-28-12-5-2-6-13-28/h1,3-4,7-11,14-18,28-29H,2,5-6,12-13,19-22H2,(H,34,37)/t29-/m0/s1. The number of hydrogen-bond acceptors (Lipinski definition) is 3. The normalized spacial score (nSPS) is 14.6. The Bertz CT molecular complexity index is 1180. The average Bonchev–Trinajstić information content (AvgIpc) is 2.93. The Morgan fingerprint density at radius 2 is 1.55 bits per heavy atom. The van der Waals surface area contributed by atoms with Gasteiger partial charge in [0, 0.05) is 34.8 Å². The van der Waals surface area contributed by atoms with E-state index in [1.807, 2.05) is 78.9 Å². The minimum atomic E-state index is -0.623. The fraction of sp³-hybridized carbons (Fsp3) is 0.355. The zero-order valence-corrected chi connectivity index (χ0v) is 23.8. The topological polar surface area (TPSA) is 49.4 Å². The summed E-state index contributed by atoms with van der Waals surface area (Å²) in [6.45, 7) is 0.316. The van der Waals surface area contributed by atoms with Crippen molar-refractivity contribution >= 4 is 46.8 Å². The van der Waals surface area contributed by atoms with Gasteiger partial charge in [0.25, 0.3) is 0 Å². The lowest BCUT2D eigenvalue weighted by Crippen LogP contribution is -2.53. The van der Waals surface area contributed by atoms with Crippen molar-refractivity contribution in [1.82, 2.24) is 10.2 Å². The molecule has 3 aromatic carbocycles. The van der Waals surface area contributed by atoms with Crippen LogP contribution < -0.4 is 5.32 Å². The summed E-state index contributed by atoms with van der Waals surface area (Å²) in [5.74, 6) is 0.805. The molecular weight excluding hydrogens is 535 g/mol. The van der Waals surface area contributed by atoms with Gasteiger partial charge in [-0.25, -0.2) is 0 Å². The summed E-state index contributed by atoms with van der Waals surface area (Å²) in [7, 11) is 0. The van der Waals surface area contributed by atoms with Gasteiger partial charge in [0.05, 0.1) is 5.75 Å². The van der Waals surface area contributed by atoms with E-state index in [2.05, 4.69) is 5.32 Å². The van der Waals surface area contributed by atoms with E-state index >= 15 is 0 Å². The molecule has 2 amide bonds. The van der Waals surface area contributed by atoms with Crippen LogP contribution in [-0.2, 0) is 28.3 Å². The number of rotatable bonds is 11. The Balaban J connectivity index is 1.56. The van der Waals surface area contributed by atoms with Crippen molar-refractivity contribution in [3.8, 4) is 0 Å². The maximum Gasteiger partial charge on any atom is 0.243 e. The molecule has 0 saturated heterocycles. The number of carbonyl (C=O) groups excluding carboxylic acids is 2. The summed E-state index contributed by atoms with van der Waals surface area (Å²) in [5, 5.41) is 4.58. The maximum absolute atomic E-state index is 13.8. The zero-order valence-electron chi connectivity index (χ0n) is 21.5. The van der Waals surface area contributed by atoms with Gasteiger partial charge in [-0.15, -0.1) is 11.8 Å². The second kappa shape index (κ2) is 14.6. The van der Waals surface area contributed by atoms with Crippen LogP contribution in [0.3, 0.4) is 0 Å². The van der Waals surface area contributed by atoms with Crippen LogP contribution in [-0.4, -0.2) is 34.6 Å². The van der Waals surface area contributed by atoms with Crippen molar-refractivity contribution in [3.63, 3.8) is 0 Å². The third kappa shape index (κ3) is 8.79. The van der Waals surface area contributed by atoms with Crippen molar-refractivity contribution in [2.24, 2.45) is 0 Å². The van der Waals surface area contributed by atoms with Gasteiger partial charge in [0.1, 0.15) is 6.04 Å². The molecule has 0 radical (unpaired) electrons. The number of nitrogens with zero attached hydrogens (tertiary/aromatic N) is 1. The van der Waals surface area contributed by atoms with Crippen molar-refractivity contribution in [3.05, 3.63) is 106 Å². The van der Waals surface area contributed by atoms with Gasteiger partial charge < -0.3 is 10.2 Å². The highest BCUT2D eigenvalue weighted by molar-refractivity contribution is 7.99. The Morgan fingerprint density at radius 1 is 0.842 bits per heavy atom. The zero-order chi connectivity index (χ0) is 26.7. The molecule has 1 aliphatic carbocycles. The molecule has 1 N–H and O–H groups in total. The summed E-state index contributed by atoms with van der Waals surface area (Å²) in [4.78, 5) is 29.3. The lowest BCUT2D eigenvalue weighted by molar-refractivity contribution is -0.139. The van der Waals surface area contributed by atoms with Gasteiger partial charge in [-0.2, -0.15) is 0 Å². The highest BCUT2D eigenvalue weighted by Gasteiger charge is 2.31. The summed E-state index contributed by atoms with van der Waals surface area (Å²) in [5.41, 5.74) is 3.02. The molecule has 1 atom stereocenters. The number of nitrogens with one attached hydrogen (secondary N) is 1. The van der Waals surface area contributed by atoms with E-state index < -0.39 is 6.04 Å². The molecule has 200 valence electrons. The smallest absolute Gasteiger partial charge is 0.243 e. The van der Waals surface area contributed by atoms with Gasteiger partial charge in [0.2, 0.25) is 11.8 Å². The molecular formula is C31H34Cl2N2O2S. The number of hydrogen-bond donors (Lipinski definition) is 1. The average molecular weight is 570 g/mol. The fourth-order valence-electron chi connectivity index (χ4n) is 4.85. The Hall–Kier alpha value is -2.47. The van der Waals surface area contributed by atoms with Crippen LogP contribution in [0.1, 0.15) is 48.8 Å². The highest BCUT2D eigenvalue weighted by Crippen LogP contribution is 2.22. The van der Waals surface area contributed by atoms with Gasteiger partial charge >= 0.3 is 0 Å². The highest BCUT2D eigenvalue weighted by atomic mass is 35.5. The number of halogens is 2. The number of benzene rings is 3. The van der Waals surface area contributed by atoms with Crippen molar-refractivity contribution in [1.29, 1.82) is 0 Å². The van der Waals surface area contributed by atoms with Crippen LogP contribution in [0.2, 0.25) is 10.0 Å². The third-order valence-corrected chi connectivity index (χ3v) is 8.35. The van der Waals surface area contributed by atoms with Crippen LogP contribution in [0, 0.1) is 0 Å². The molecule has 0 aliphatic heterocycles. The minimum absolute atomic E-state index is 0.0661. The largest absolute Gasteiger partial charge is 0.352 e. The molecule has 38 heavy (non-hydrogen) atoms. The van der Waals surface area contributed by atoms with Gasteiger partial charge in [-0.05, 0) is 53.8 Å². The Kier molecular flexibility index (Phi) is 11.0. The van der Waals surface area contributed by atoms with Crippen LogP contribution in [0.15, 0.2) is 78.9 Å². The maximum atomic E-state index is 13.8. The summed E-state index contributed by atoms with van der Waals surface area (Å²) < 4.78 is 0. The van der Waals surface area contributed by atoms with E-state index in [9.17, 15) is 9.59 Å². The molecule has 0 spiro atoms. The first-order valence-electron chi connectivity index (χ1n) is 13.2. The Labute approximate surface area is 240 Å². The van der Waals surface area contributed by atoms with Crippen molar-refractivity contribution in [2.75, 3.05) is 5.75 Å². The lowest BCUT2D eigenvalue weighted by atomic mass is 9.94. The fourth-order valence-corrected chi connectivity index (χ4v) is 6.06. The molecule has 0 unspecified atom stereocenters. The summed E-state index contributed by atoms with van der Waals surface area (Å²) >= 11 is 13.8. The van der Waals surface area contributed by atoms with E-state index in [0.29, 0.717) is 28.8 Å². The molecule has 4 rings (SSSR count). The monoisotopic (exact) mass is 568 g/mol. The molecule has 1 fully saturated rings. The van der Waals surface area contributed by atoms with Crippen molar-refractivity contribution < 1.29 is 9.59 Å². The lowest BCUT2D eigenvalue weighted by Gasteiger charge is -2.33. The van der Waals surface area contributed by atoms with Crippen LogP contribution >= 0.6 is 35.0 Å². The van der Waals surface area contributed by atoms with Gasteiger partial charge in [-0.1, -0.05) is 97.1 Å². The third-order valence-electron chi connectivity index (χ3n) is 6.87. The first kappa shape index (κ1) is 28.5. The molecule has 0 bridgehead atoms. The molecule has 0 heterocycles. The van der Waals surface area contributed by atoms with Crippen LogP contribution in [0.25, 0.3) is 0 Å². The first-order chi connectivity index (χ1) is 18.5. The SMILES string of the molecule is O=C(NC1CCCCC1)[C@H](Cc1ccccc1)N(Cc1cccc(Cl)c1)C(=O)CSCc1ccc(Cl)cc1.